The number of thioether (sulfide) groups is 2. The van der Waals surface area contributed by atoms with Gasteiger partial charge in [-0.3, -0.25) is 9.69 Å². The Morgan fingerprint density at radius 2 is 1.59 bits per heavy atom. The number of nitrogens with one attached hydrogen (secondary N) is 1. The average molecular weight is 620 g/mol. The summed E-state index contributed by atoms with van der Waals surface area (Å²) < 4.78 is 0. The number of benzene rings is 4. The normalized spacial score (nSPS) is 17.4. The molecule has 44 heavy (non-hydrogen) atoms. The van der Waals surface area contributed by atoms with E-state index in [0.717, 1.165) is 55.9 Å². The Balaban J connectivity index is 1.35. The van der Waals surface area contributed by atoms with Crippen LogP contribution in [0.5, 0.6) is 0 Å². The molecule has 1 amide bonds. The molecule has 0 atom stereocenters. The van der Waals surface area contributed by atoms with Crippen LogP contribution in [0.25, 0.3) is 0 Å². The lowest BCUT2D eigenvalue weighted by Gasteiger charge is -2.17. The first-order chi connectivity index (χ1) is 21.5. The first-order valence-corrected chi connectivity index (χ1v) is 16.1. The summed E-state index contributed by atoms with van der Waals surface area (Å²) in [6, 6.07) is 34.2. The van der Waals surface area contributed by atoms with Crippen molar-refractivity contribution in [1.29, 1.82) is 0 Å². The molecular formula is C35H33N5O2S2. The molecule has 1 N–H and O–H groups in total. The molecule has 0 aromatic heterocycles. The second-order valence-corrected chi connectivity index (χ2v) is 12.3. The van der Waals surface area contributed by atoms with E-state index in [1.165, 1.54) is 11.8 Å². The van der Waals surface area contributed by atoms with E-state index in [9.17, 15) is 4.79 Å². The number of fused-ring (bicyclic) bond motifs is 1. The van der Waals surface area contributed by atoms with Gasteiger partial charge in [0.2, 0.25) is 0 Å². The Labute approximate surface area is 266 Å². The van der Waals surface area contributed by atoms with E-state index in [1.54, 1.807) is 16.7 Å². The highest BCUT2D eigenvalue weighted by molar-refractivity contribution is 8.19. The highest BCUT2D eigenvalue weighted by Gasteiger charge is 2.39. The van der Waals surface area contributed by atoms with E-state index < -0.39 is 0 Å². The zero-order chi connectivity index (χ0) is 30.5. The van der Waals surface area contributed by atoms with Crippen molar-refractivity contribution in [2.75, 3.05) is 23.8 Å². The molecule has 222 valence electrons. The van der Waals surface area contributed by atoms with E-state index in [0.29, 0.717) is 23.2 Å². The van der Waals surface area contributed by atoms with Gasteiger partial charge in [-0.2, -0.15) is 0 Å². The Bertz CT molecular complexity index is 1760. The summed E-state index contributed by atoms with van der Waals surface area (Å²) in [5, 5.41) is 9.36. The average Bonchev–Trinajstić information content (AvgIpc) is 3.54. The van der Waals surface area contributed by atoms with E-state index in [1.807, 2.05) is 105 Å². The van der Waals surface area contributed by atoms with Crippen molar-refractivity contribution in [3.8, 4) is 0 Å². The predicted molar refractivity (Wildman–Crippen MR) is 183 cm³/mol. The lowest BCUT2D eigenvalue weighted by atomic mass is 10.1. The van der Waals surface area contributed by atoms with Crippen molar-refractivity contribution in [2.24, 2.45) is 10.1 Å². The van der Waals surface area contributed by atoms with Crippen LogP contribution >= 0.6 is 23.5 Å². The summed E-state index contributed by atoms with van der Waals surface area (Å²) in [5.41, 5.74) is 6.44. The van der Waals surface area contributed by atoms with Gasteiger partial charge < -0.3 is 15.1 Å². The predicted octanol–water partition coefficient (Wildman–Crippen LogP) is 8.23. The Hall–Kier alpha value is -4.47. The summed E-state index contributed by atoms with van der Waals surface area (Å²) in [7, 11) is 2.01. The number of hydrogen-bond acceptors (Lipinski definition) is 8. The Morgan fingerprint density at radius 3 is 2.32 bits per heavy atom. The summed E-state index contributed by atoms with van der Waals surface area (Å²) in [4.78, 5) is 30.6. The number of aliphatic imine (C=N–C) groups is 1. The van der Waals surface area contributed by atoms with E-state index >= 15 is 0 Å². The molecule has 0 spiro atoms. The second-order valence-electron chi connectivity index (χ2n) is 10.3. The van der Waals surface area contributed by atoms with Crippen molar-refractivity contribution < 1.29 is 9.63 Å². The number of rotatable bonds is 9. The SMILES string of the molecule is CCNc1ccc(C(C)=NOCc2ccccc2)cc1N=C1SC(=C2Sc3ccccc3N2C)C(=O)N1Cc1ccccc1. The Morgan fingerprint density at radius 1 is 0.886 bits per heavy atom. The lowest BCUT2D eigenvalue weighted by molar-refractivity contribution is -0.122. The van der Waals surface area contributed by atoms with Crippen molar-refractivity contribution in [3.05, 3.63) is 130 Å². The van der Waals surface area contributed by atoms with Gasteiger partial charge in [0.15, 0.2) is 5.17 Å². The van der Waals surface area contributed by atoms with Gasteiger partial charge in [0.25, 0.3) is 5.91 Å². The maximum Gasteiger partial charge on any atom is 0.269 e. The van der Waals surface area contributed by atoms with Crippen LogP contribution in [0.2, 0.25) is 0 Å². The number of anilines is 2. The lowest BCUT2D eigenvalue weighted by Crippen LogP contribution is -2.29. The number of carbonyl (C=O) groups excluding carboxylic acids is 1. The van der Waals surface area contributed by atoms with Crippen LogP contribution in [0.3, 0.4) is 0 Å². The zero-order valence-electron chi connectivity index (χ0n) is 24.9. The molecule has 1 saturated heterocycles. The number of oxime groups is 1. The van der Waals surface area contributed by atoms with E-state index in [2.05, 4.69) is 34.4 Å². The fourth-order valence-corrected chi connectivity index (χ4v) is 7.28. The molecule has 4 aromatic rings. The first-order valence-electron chi connectivity index (χ1n) is 14.5. The maximum absolute atomic E-state index is 14.1. The van der Waals surface area contributed by atoms with Gasteiger partial charge in [-0.05, 0) is 61.0 Å². The quantitative estimate of drug-likeness (QED) is 0.116. The summed E-state index contributed by atoms with van der Waals surface area (Å²) in [6.45, 7) is 5.53. The second kappa shape index (κ2) is 13.4. The number of nitrogens with zero attached hydrogens (tertiary/aromatic N) is 4. The number of para-hydroxylation sites is 1. The summed E-state index contributed by atoms with van der Waals surface area (Å²) in [6.07, 6.45) is 0. The van der Waals surface area contributed by atoms with Gasteiger partial charge in [0, 0.05) is 24.1 Å². The van der Waals surface area contributed by atoms with Crippen molar-refractivity contribution in [1.82, 2.24) is 4.90 Å². The third-order valence-corrected chi connectivity index (χ3v) is 9.69. The van der Waals surface area contributed by atoms with Crippen LogP contribution in [0, 0.1) is 0 Å². The van der Waals surface area contributed by atoms with E-state index in [-0.39, 0.29) is 5.91 Å². The smallest absolute Gasteiger partial charge is 0.269 e. The maximum atomic E-state index is 14.1. The topological polar surface area (TPSA) is 69.5 Å². The minimum atomic E-state index is -0.0482. The van der Waals surface area contributed by atoms with Crippen molar-refractivity contribution in [2.45, 2.75) is 31.9 Å². The minimum absolute atomic E-state index is 0.0482. The standard InChI is InChI=1S/C35H33N5O2S2/c1-4-36-28-20-19-27(24(2)38-42-23-26-15-9-6-10-16-26)21-29(28)37-35-40(22-25-13-7-5-8-14-25)33(41)32(44-35)34-39(3)30-17-11-12-18-31(30)43-34/h5-21,36H,4,22-23H2,1-3H3. The van der Waals surface area contributed by atoms with Crippen molar-refractivity contribution >= 4 is 57.4 Å². The minimum Gasteiger partial charge on any atom is -0.391 e. The van der Waals surface area contributed by atoms with Gasteiger partial charge in [-0.25, -0.2) is 4.99 Å². The number of amides is 1. The van der Waals surface area contributed by atoms with Gasteiger partial charge in [0.05, 0.1) is 34.3 Å². The third kappa shape index (κ3) is 6.39. The van der Waals surface area contributed by atoms with Gasteiger partial charge in [0.1, 0.15) is 11.5 Å². The largest absolute Gasteiger partial charge is 0.391 e. The highest BCUT2D eigenvalue weighted by atomic mass is 32.2. The molecule has 4 aromatic carbocycles. The van der Waals surface area contributed by atoms with Gasteiger partial charge >= 0.3 is 0 Å². The van der Waals surface area contributed by atoms with Crippen LogP contribution in [0.15, 0.2) is 128 Å². The molecule has 6 rings (SSSR count). The van der Waals surface area contributed by atoms with Crippen LogP contribution in [0.4, 0.5) is 17.1 Å². The van der Waals surface area contributed by atoms with Crippen LogP contribution in [-0.2, 0) is 22.8 Å². The molecule has 2 heterocycles. The van der Waals surface area contributed by atoms with Gasteiger partial charge in [-0.1, -0.05) is 95.8 Å². The summed E-state index contributed by atoms with van der Waals surface area (Å²) >= 11 is 3.05. The summed E-state index contributed by atoms with van der Waals surface area (Å²) in [5.74, 6) is -0.0482. The fourth-order valence-electron chi connectivity index (χ4n) is 4.95. The van der Waals surface area contributed by atoms with E-state index in [4.69, 9.17) is 9.83 Å². The molecule has 0 saturated carbocycles. The van der Waals surface area contributed by atoms with Crippen LogP contribution < -0.4 is 10.2 Å². The molecular weight excluding hydrogens is 587 g/mol. The number of amidine groups is 1. The zero-order valence-corrected chi connectivity index (χ0v) is 26.5. The molecule has 2 aliphatic heterocycles. The molecule has 1 fully saturated rings. The molecule has 9 heteroatoms. The van der Waals surface area contributed by atoms with Crippen molar-refractivity contribution in [3.63, 3.8) is 0 Å². The molecule has 0 aliphatic carbocycles. The molecule has 0 unspecified atom stereocenters. The number of hydrogen-bond donors (Lipinski definition) is 1. The van der Waals surface area contributed by atoms with Crippen LogP contribution in [0.1, 0.15) is 30.5 Å². The molecule has 0 bridgehead atoms. The van der Waals surface area contributed by atoms with Gasteiger partial charge in [-0.15, -0.1) is 0 Å². The highest BCUT2D eigenvalue weighted by Crippen LogP contribution is 2.50. The number of carbonyl (C=O) groups is 1. The molecule has 2 aliphatic rings. The third-order valence-electron chi connectivity index (χ3n) is 7.25. The monoisotopic (exact) mass is 619 g/mol. The molecule has 7 nitrogen and oxygen atoms in total. The molecule has 0 radical (unpaired) electrons. The van der Waals surface area contributed by atoms with Crippen LogP contribution in [-0.4, -0.2) is 35.3 Å². The Kier molecular flexibility index (Phi) is 9.04. The fraction of sp³-hybridized carbons (Fsp3) is 0.171. The first kappa shape index (κ1) is 29.6.